The largest absolute Gasteiger partial charge is 0.391 e. The number of rotatable bonds is 34. The maximum atomic E-state index is 14.3. The first-order chi connectivity index (χ1) is 36.6. The molecule has 1 rings (SSSR count). The standard InChI is InChI=1S/C52H94N14O12/c1-14-21-34(44(71)61-40(29(8)15-2)48(75)59-35(22-19-24-56-52(53)54)51(78)66-25-20-23-36(66)45(72)55-18-5)58-47(74)41(30(9)16-3)63-50(77)43(32(11)67)64-49(76)42(31(10)17-4)62-46(73)39(28(6)7)60-37(69)26-57-38(70)27-65(13)33(12)68/h28-32,34-36,39-43,67H,14-27H2,1-13H3,(H,55,72)(H,57,70)(H,58,74)(H,59,75)(H,60,69)(H,61,71)(H,62,73)(H,63,77)(H,64,76)(H4,53,54,56)/t29-,30-,31-,32+,34-,35-,36-,39-,40-,41-,42+,43-/m0/s1. The van der Waals surface area contributed by atoms with Crippen molar-refractivity contribution in [2.75, 3.05) is 39.8 Å². The molecule has 0 aliphatic carbocycles. The van der Waals surface area contributed by atoms with Crippen LogP contribution in [0.3, 0.4) is 0 Å². The summed E-state index contributed by atoms with van der Waals surface area (Å²) in [7, 11) is 1.42. The predicted molar refractivity (Wildman–Crippen MR) is 293 cm³/mol. The summed E-state index contributed by atoms with van der Waals surface area (Å²) in [5.41, 5.74) is 11.0. The molecule has 0 saturated carbocycles. The van der Waals surface area contributed by atoms with E-state index in [1.165, 1.54) is 25.8 Å². The number of amides is 11. The molecular weight excluding hydrogens is 1010 g/mol. The van der Waals surface area contributed by atoms with Crippen molar-refractivity contribution < 1.29 is 57.8 Å². The summed E-state index contributed by atoms with van der Waals surface area (Å²) in [5, 5.41) is 34.9. The Kier molecular flexibility index (Phi) is 31.2. The van der Waals surface area contributed by atoms with E-state index in [0.717, 1.165) is 4.90 Å². The molecule has 0 aromatic heterocycles. The number of aliphatic hydroxyl groups is 1. The third kappa shape index (κ3) is 22.8. The number of aliphatic hydroxyl groups excluding tert-OH is 1. The average Bonchev–Trinajstić information content (AvgIpc) is 3.88. The molecule has 0 spiro atoms. The van der Waals surface area contributed by atoms with Gasteiger partial charge in [0.05, 0.1) is 19.2 Å². The Labute approximate surface area is 460 Å². The van der Waals surface area contributed by atoms with Gasteiger partial charge in [0.25, 0.3) is 0 Å². The molecule has 11 amide bonds. The van der Waals surface area contributed by atoms with Crippen LogP contribution in [0.25, 0.3) is 0 Å². The smallest absolute Gasteiger partial charge is 0.245 e. The van der Waals surface area contributed by atoms with Crippen molar-refractivity contribution in [1.82, 2.24) is 57.7 Å². The predicted octanol–water partition coefficient (Wildman–Crippen LogP) is -1.87. The van der Waals surface area contributed by atoms with Crippen LogP contribution in [0.15, 0.2) is 4.99 Å². The van der Waals surface area contributed by atoms with Gasteiger partial charge in [0.1, 0.15) is 48.3 Å². The van der Waals surface area contributed by atoms with Gasteiger partial charge in [0.2, 0.25) is 65.0 Å². The molecule has 0 bridgehead atoms. The minimum absolute atomic E-state index is 0.113. The molecule has 1 fully saturated rings. The Bertz CT molecular complexity index is 2070. The molecule has 1 heterocycles. The van der Waals surface area contributed by atoms with Crippen molar-refractivity contribution in [2.24, 2.45) is 40.1 Å². The van der Waals surface area contributed by atoms with Crippen LogP contribution in [0.2, 0.25) is 0 Å². The van der Waals surface area contributed by atoms with Crippen molar-refractivity contribution in [1.29, 1.82) is 0 Å². The Balaban J connectivity index is 3.38. The maximum absolute atomic E-state index is 14.3. The van der Waals surface area contributed by atoms with E-state index in [0.29, 0.717) is 58.0 Å². The highest BCUT2D eigenvalue weighted by atomic mass is 16.3. The first-order valence-electron chi connectivity index (χ1n) is 27.5. The molecule has 0 aromatic rings. The molecule has 0 radical (unpaired) electrons. The SMILES string of the molecule is CCC[C@H](NC(=O)[C@@H](NC(=O)[C@@H](NC(=O)[C@H](NC(=O)[C@@H](NC(=O)CNC(=O)CN(C)C(C)=O)C(C)C)[C@@H](C)CC)[C@@H](C)O)[C@@H](C)CC)C(=O)N[C@H](C(=O)N[C@@H](CCCN=C(N)N)C(=O)N1CCC[C@H]1C(=O)NCC)[C@@H](C)CC. The zero-order valence-corrected chi connectivity index (χ0v) is 48.3. The Hall–Kier alpha value is -6.60. The fraction of sp³-hybridized carbons (Fsp3) is 0.769. The third-order valence-electron chi connectivity index (χ3n) is 14.0. The van der Waals surface area contributed by atoms with Crippen molar-refractivity contribution in [2.45, 2.75) is 195 Å². The maximum Gasteiger partial charge on any atom is 0.245 e. The van der Waals surface area contributed by atoms with Gasteiger partial charge in [-0.1, -0.05) is 88.0 Å². The fourth-order valence-electron chi connectivity index (χ4n) is 8.45. The summed E-state index contributed by atoms with van der Waals surface area (Å²) < 4.78 is 0. The Morgan fingerprint density at radius 1 is 0.615 bits per heavy atom. The Morgan fingerprint density at radius 3 is 1.55 bits per heavy atom. The minimum Gasteiger partial charge on any atom is -0.391 e. The summed E-state index contributed by atoms with van der Waals surface area (Å²) in [5.74, 6) is -9.32. The average molecular weight is 1110 g/mol. The highest BCUT2D eigenvalue weighted by molar-refractivity contribution is 5.99. The molecular formula is C52H94N14O12. The second kappa shape index (κ2) is 35.0. The number of nitrogens with one attached hydrogen (secondary N) is 9. The molecule has 0 unspecified atom stereocenters. The molecule has 1 aliphatic rings. The number of nitrogens with zero attached hydrogens (tertiary/aromatic N) is 3. The molecule has 78 heavy (non-hydrogen) atoms. The van der Waals surface area contributed by atoms with Gasteiger partial charge in [-0.25, -0.2) is 0 Å². The molecule has 1 aliphatic heterocycles. The van der Waals surface area contributed by atoms with E-state index in [2.05, 4.69) is 52.8 Å². The van der Waals surface area contributed by atoms with E-state index in [-0.39, 0.29) is 43.7 Å². The Morgan fingerprint density at radius 2 is 1.09 bits per heavy atom. The molecule has 26 nitrogen and oxygen atoms in total. The van der Waals surface area contributed by atoms with Crippen molar-refractivity contribution >= 4 is 70.9 Å². The van der Waals surface area contributed by atoms with E-state index in [1.54, 1.807) is 62.3 Å². The van der Waals surface area contributed by atoms with Crippen molar-refractivity contribution in [3.63, 3.8) is 0 Å². The van der Waals surface area contributed by atoms with Crippen molar-refractivity contribution in [3.8, 4) is 0 Å². The van der Waals surface area contributed by atoms with Crippen LogP contribution in [0.5, 0.6) is 0 Å². The fourth-order valence-corrected chi connectivity index (χ4v) is 8.45. The normalized spacial score (nSPS) is 17.3. The van der Waals surface area contributed by atoms with Crippen LogP contribution in [0, 0.1) is 23.7 Å². The van der Waals surface area contributed by atoms with Gasteiger partial charge in [-0.2, -0.15) is 0 Å². The number of aliphatic imine (C=N–C) groups is 1. The number of hydrogen-bond acceptors (Lipinski definition) is 13. The summed E-state index contributed by atoms with van der Waals surface area (Å²) in [6.07, 6.45) is 1.59. The van der Waals surface area contributed by atoms with E-state index in [1.807, 2.05) is 6.92 Å². The van der Waals surface area contributed by atoms with Crippen molar-refractivity contribution in [3.05, 3.63) is 0 Å². The number of likely N-dealkylation sites (tertiary alicyclic amines) is 1. The number of carbonyl (C=O) groups is 11. The summed E-state index contributed by atoms with van der Waals surface area (Å²) in [4.78, 5) is 155. The number of nitrogens with two attached hydrogens (primary N) is 2. The first kappa shape index (κ1) is 69.4. The molecule has 0 aromatic carbocycles. The monoisotopic (exact) mass is 1110 g/mol. The van der Waals surface area contributed by atoms with Gasteiger partial charge in [-0.05, 0) is 69.6 Å². The van der Waals surface area contributed by atoms with Gasteiger partial charge in [0, 0.05) is 33.6 Å². The van der Waals surface area contributed by atoms with Crippen LogP contribution in [0.1, 0.15) is 141 Å². The van der Waals surface area contributed by atoms with Gasteiger partial charge >= 0.3 is 0 Å². The summed E-state index contributed by atoms with van der Waals surface area (Å²) in [6, 6.07) is -9.64. The summed E-state index contributed by atoms with van der Waals surface area (Å²) in [6.45, 7) is 19.9. The van der Waals surface area contributed by atoms with Gasteiger partial charge in [-0.15, -0.1) is 0 Å². The minimum atomic E-state index is -1.65. The second-order valence-corrected chi connectivity index (χ2v) is 20.7. The molecule has 14 N–H and O–H groups in total. The highest BCUT2D eigenvalue weighted by Gasteiger charge is 2.41. The molecule has 12 atom stereocenters. The number of hydrogen-bond donors (Lipinski definition) is 12. The number of carbonyl (C=O) groups excluding carboxylic acids is 11. The zero-order chi connectivity index (χ0) is 59.6. The second-order valence-electron chi connectivity index (χ2n) is 20.7. The topological polar surface area (TPSA) is 387 Å². The molecule has 444 valence electrons. The zero-order valence-electron chi connectivity index (χ0n) is 48.3. The highest BCUT2D eigenvalue weighted by Crippen LogP contribution is 2.21. The first-order valence-corrected chi connectivity index (χ1v) is 27.5. The number of guanidine groups is 1. The lowest BCUT2D eigenvalue weighted by molar-refractivity contribution is -0.142. The van der Waals surface area contributed by atoms with Crippen LogP contribution in [0.4, 0.5) is 0 Å². The lowest BCUT2D eigenvalue weighted by atomic mass is 9.95. The van der Waals surface area contributed by atoms with E-state index < -0.39 is 138 Å². The van der Waals surface area contributed by atoms with Gasteiger partial charge in [0.15, 0.2) is 5.96 Å². The van der Waals surface area contributed by atoms with E-state index in [9.17, 15) is 57.8 Å². The number of likely N-dealkylation sites (N-methyl/N-ethyl adjacent to an activating group) is 2. The van der Waals surface area contributed by atoms with Crippen LogP contribution >= 0.6 is 0 Å². The summed E-state index contributed by atoms with van der Waals surface area (Å²) >= 11 is 0. The van der Waals surface area contributed by atoms with E-state index in [4.69, 9.17) is 11.5 Å². The van der Waals surface area contributed by atoms with Crippen LogP contribution < -0.4 is 59.3 Å². The van der Waals surface area contributed by atoms with Gasteiger partial charge < -0.3 is 74.2 Å². The lowest BCUT2D eigenvalue weighted by Crippen LogP contribution is -2.63. The molecule has 26 heteroatoms. The quantitative estimate of drug-likeness (QED) is 0.0191. The van der Waals surface area contributed by atoms with Crippen LogP contribution in [-0.2, 0) is 52.7 Å². The van der Waals surface area contributed by atoms with Crippen LogP contribution in [-0.4, -0.2) is 180 Å². The third-order valence-corrected chi connectivity index (χ3v) is 14.0. The van der Waals surface area contributed by atoms with E-state index >= 15 is 0 Å². The lowest BCUT2D eigenvalue weighted by Gasteiger charge is -2.32. The van der Waals surface area contributed by atoms with Gasteiger partial charge in [-0.3, -0.25) is 57.7 Å². The molecule has 1 saturated heterocycles.